The van der Waals surface area contributed by atoms with Crippen LogP contribution in [0, 0.1) is 5.92 Å². The molecule has 2 atom stereocenters. The van der Waals surface area contributed by atoms with E-state index < -0.39 is 0 Å². The zero-order valence-electron chi connectivity index (χ0n) is 18.2. The highest BCUT2D eigenvalue weighted by Crippen LogP contribution is 2.28. The highest BCUT2D eigenvalue weighted by molar-refractivity contribution is 14.0. The molecule has 0 aromatic carbocycles. The Morgan fingerprint density at radius 2 is 1.83 bits per heavy atom. The summed E-state index contributed by atoms with van der Waals surface area (Å²) in [7, 11) is 0. The van der Waals surface area contributed by atoms with Crippen LogP contribution in [-0.4, -0.2) is 85.0 Å². The number of rotatable bonds is 7. The van der Waals surface area contributed by atoms with Crippen LogP contribution in [0.2, 0.25) is 0 Å². The van der Waals surface area contributed by atoms with Gasteiger partial charge in [-0.2, -0.15) is 11.8 Å². The predicted molar refractivity (Wildman–Crippen MR) is 134 cm³/mol. The van der Waals surface area contributed by atoms with E-state index in [9.17, 15) is 4.79 Å². The maximum atomic E-state index is 12.6. The van der Waals surface area contributed by atoms with Crippen molar-refractivity contribution in [2.24, 2.45) is 10.9 Å². The molecule has 0 radical (unpaired) electrons. The highest BCUT2D eigenvalue weighted by Gasteiger charge is 2.29. The van der Waals surface area contributed by atoms with E-state index in [1.165, 1.54) is 32.1 Å². The maximum absolute atomic E-state index is 12.6. The zero-order valence-corrected chi connectivity index (χ0v) is 21.3. The Morgan fingerprint density at radius 3 is 2.45 bits per heavy atom. The molecule has 0 aromatic rings. The molecule has 2 N–H and O–H groups in total. The van der Waals surface area contributed by atoms with Crippen LogP contribution in [0.15, 0.2) is 4.99 Å². The average molecular weight is 538 g/mol. The first kappa shape index (κ1) is 25.0. The van der Waals surface area contributed by atoms with E-state index in [0.717, 1.165) is 69.9 Å². The summed E-state index contributed by atoms with van der Waals surface area (Å²) in [6.07, 6.45) is 10.7. The third kappa shape index (κ3) is 7.76. The number of amides is 1. The van der Waals surface area contributed by atoms with E-state index in [1.807, 2.05) is 11.8 Å². The Balaban J connectivity index is 0.00000300. The second-order valence-electron chi connectivity index (χ2n) is 8.42. The number of nitrogens with one attached hydrogen (secondary N) is 2. The van der Waals surface area contributed by atoms with Gasteiger partial charge in [-0.1, -0.05) is 12.8 Å². The number of carbonyl (C=O) groups is 1. The molecule has 1 heterocycles. The van der Waals surface area contributed by atoms with Crippen LogP contribution in [-0.2, 0) is 4.79 Å². The number of aliphatic imine (C=N–C) groups is 1. The van der Waals surface area contributed by atoms with Crippen molar-refractivity contribution in [2.75, 3.05) is 52.1 Å². The number of nitrogens with zero attached hydrogens (tertiary/aromatic N) is 3. The summed E-state index contributed by atoms with van der Waals surface area (Å²) < 4.78 is 0. The van der Waals surface area contributed by atoms with Crippen LogP contribution in [0.25, 0.3) is 0 Å². The summed E-state index contributed by atoms with van der Waals surface area (Å²) in [6.45, 7) is 8.53. The molecule has 2 aliphatic carbocycles. The molecule has 1 saturated heterocycles. The van der Waals surface area contributed by atoms with Crippen LogP contribution in [0.3, 0.4) is 0 Å². The van der Waals surface area contributed by atoms with Gasteiger partial charge in [0.15, 0.2) is 5.96 Å². The van der Waals surface area contributed by atoms with Gasteiger partial charge in [0, 0.05) is 56.5 Å². The zero-order chi connectivity index (χ0) is 19.8. The van der Waals surface area contributed by atoms with E-state index in [2.05, 4.69) is 33.6 Å². The Morgan fingerprint density at radius 1 is 1.10 bits per heavy atom. The number of carbonyl (C=O) groups excluding carboxylic acids is 1. The third-order valence-corrected chi connectivity index (χ3v) is 7.57. The van der Waals surface area contributed by atoms with Crippen LogP contribution in [0.5, 0.6) is 0 Å². The van der Waals surface area contributed by atoms with E-state index in [4.69, 9.17) is 4.99 Å². The minimum Gasteiger partial charge on any atom is -0.357 e. The van der Waals surface area contributed by atoms with E-state index in [-0.39, 0.29) is 24.0 Å². The lowest BCUT2D eigenvalue weighted by atomic mass is 10.1. The Kier molecular flexibility index (Phi) is 11.4. The fourth-order valence-corrected chi connectivity index (χ4v) is 5.52. The smallest absolute Gasteiger partial charge is 0.225 e. The number of thioether (sulfide) groups is 1. The van der Waals surface area contributed by atoms with Crippen LogP contribution in [0.4, 0.5) is 0 Å². The van der Waals surface area contributed by atoms with Crippen molar-refractivity contribution in [1.29, 1.82) is 0 Å². The molecule has 1 aliphatic heterocycles. The van der Waals surface area contributed by atoms with Crippen molar-refractivity contribution in [2.45, 2.75) is 63.2 Å². The normalized spacial score (nSPS) is 26.4. The molecule has 0 bridgehead atoms. The average Bonchev–Trinajstić information content (AvgIpc) is 3.40. The molecule has 3 rings (SSSR count). The van der Waals surface area contributed by atoms with E-state index >= 15 is 0 Å². The molecular weight excluding hydrogens is 497 g/mol. The van der Waals surface area contributed by atoms with Crippen molar-refractivity contribution in [3.63, 3.8) is 0 Å². The molecule has 6 nitrogen and oxygen atoms in total. The van der Waals surface area contributed by atoms with Crippen molar-refractivity contribution in [1.82, 2.24) is 20.4 Å². The second-order valence-corrected chi connectivity index (χ2v) is 9.56. The van der Waals surface area contributed by atoms with Gasteiger partial charge in [0.2, 0.25) is 5.91 Å². The summed E-state index contributed by atoms with van der Waals surface area (Å²) in [5.41, 5.74) is 0. The Bertz CT molecular complexity index is 521. The molecule has 3 aliphatic rings. The highest BCUT2D eigenvalue weighted by atomic mass is 127. The summed E-state index contributed by atoms with van der Waals surface area (Å²) in [6, 6.07) is 0.556. The van der Waals surface area contributed by atoms with Gasteiger partial charge >= 0.3 is 0 Å². The Labute approximate surface area is 198 Å². The predicted octanol–water partition coefficient (Wildman–Crippen LogP) is 2.78. The van der Waals surface area contributed by atoms with E-state index in [1.54, 1.807) is 0 Å². The minimum atomic E-state index is 0. The third-order valence-electron chi connectivity index (χ3n) is 6.48. The van der Waals surface area contributed by atoms with Crippen LogP contribution in [0.1, 0.15) is 51.9 Å². The van der Waals surface area contributed by atoms with Gasteiger partial charge in [0.05, 0.1) is 6.54 Å². The van der Waals surface area contributed by atoms with Crippen molar-refractivity contribution < 1.29 is 4.79 Å². The summed E-state index contributed by atoms with van der Waals surface area (Å²) in [4.78, 5) is 21.9. The number of hydrogen-bond acceptors (Lipinski definition) is 4. The number of hydrogen-bond donors (Lipinski definition) is 2. The van der Waals surface area contributed by atoms with Gasteiger partial charge in [0.1, 0.15) is 0 Å². The molecule has 0 aromatic heterocycles. The van der Waals surface area contributed by atoms with Crippen molar-refractivity contribution in [3.05, 3.63) is 0 Å². The molecule has 2 saturated carbocycles. The first-order valence-corrected chi connectivity index (χ1v) is 12.6. The number of guanidine groups is 1. The lowest BCUT2D eigenvalue weighted by Crippen LogP contribution is -2.50. The molecule has 3 fully saturated rings. The summed E-state index contributed by atoms with van der Waals surface area (Å²) in [5.74, 6) is 1.68. The summed E-state index contributed by atoms with van der Waals surface area (Å²) in [5, 5.41) is 7.82. The van der Waals surface area contributed by atoms with Gasteiger partial charge in [-0.15, -0.1) is 24.0 Å². The molecule has 1 amide bonds. The topological polar surface area (TPSA) is 60.0 Å². The fourth-order valence-electron chi connectivity index (χ4n) is 4.72. The van der Waals surface area contributed by atoms with Crippen LogP contribution < -0.4 is 10.6 Å². The SMILES string of the molecule is CCNC(=NCCN1CCN(C(=O)C2CCCC2)CC1)NC1CCC(SC)C1.I. The first-order valence-electron chi connectivity index (χ1n) is 11.3. The lowest BCUT2D eigenvalue weighted by Gasteiger charge is -2.35. The van der Waals surface area contributed by atoms with Crippen LogP contribution >= 0.6 is 35.7 Å². The second kappa shape index (κ2) is 13.2. The minimum absolute atomic E-state index is 0. The molecule has 168 valence electrons. The standard InChI is InChI=1S/C21H39N5OS.HI/c1-3-22-21(24-18-8-9-19(16-18)28-2)23-10-11-25-12-14-26(15-13-25)20(27)17-6-4-5-7-17;/h17-19H,3-16H2,1-2H3,(H2,22,23,24);1H. The molecule has 29 heavy (non-hydrogen) atoms. The van der Waals surface area contributed by atoms with Gasteiger partial charge in [0.25, 0.3) is 0 Å². The quantitative estimate of drug-likeness (QED) is 0.297. The molecule has 2 unspecified atom stereocenters. The fraction of sp³-hybridized carbons (Fsp3) is 0.905. The largest absolute Gasteiger partial charge is 0.357 e. The number of piperazine rings is 1. The van der Waals surface area contributed by atoms with Gasteiger partial charge in [-0.3, -0.25) is 14.7 Å². The van der Waals surface area contributed by atoms with Gasteiger partial charge in [-0.25, -0.2) is 0 Å². The summed E-state index contributed by atoms with van der Waals surface area (Å²) >= 11 is 1.99. The van der Waals surface area contributed by atoms with E-state index in [0.29, 0.717) is 17.9 Å². The van der Waals surface area contributed by atoms with Gasteiger partial charge in [-0.05, 0) is 45.3 Å². The first-order chi connectivity index (χ1) is 13.7. The molecular formula is C21H40IN5OS. The Hall–Kier alpha value is -0.220. The monoisotopic (exact) mass is 537 g/mol. The number of halogens is 1. The van der Waals surface area contributed by atoms with Gasteiger partial charge < -0.3 is 15.5 Å². The van der Waals surface area contributed by atoms with Crippen molar-refractivity contribution >= 4 is 47.6 Å². The maximum Gasteiger partial charge on any atom is 0.225 e. The molecule has 8 heteroatoms. The lowest BCUT2D eigenvalue weighted by molar-refractivity contribution is -0.137. The molecule has 0 spiro atoms. The van der Waals surface area contributed by atoms with Crippen molar-refractivity contribution in [3.8, 4) is 0 Å².